The molecule has 9 nitrogen and oxygen atoms in total. The molecule has 2 N–H and O–H groups in total. The number of ether oxygens (including phenoxy) is 2. The van der Waals surface area contributed by atoms with Gasteiger partial charge in [-0.2, -0.15) is 0 Å². The highest BCUT2D eigenvalue weighted by molar-refractivity contribution is 7.92. The number of methoxy groups -OCH3 is 2. The number of benzene rings is 3. The van der Waals surface area contributed by atoms with Gasteiger partial charge in [-0.25, -0.2) is 18.2 Å². The van der Waals surface area contributed by atoms with E-state index in [1.165, 1.54) is 62.0 Å². The Morgan fingerprint density at radius 2 is 1.59 bits per heavy atom. The SMILES string of the molecule is COC(=O)c1ccc2nc(NC(=O)c3ccc(NS(=O)(=O)c4ccc(OC)cc4)cc3)sc2c1. The second-order valence-corrected chi connectivity index (χ2v) is 9.72. The van der Waals surface area contributed by atoms with Crippen LogP contribution < -0.4 is 14.8 Å². The molecule has 1 aromatic heterocycles. The smallest absolute Gasteiger partial charge is 0.337 e. The third-order valence-electron chi connectivity index (χ3n) is 4.80. The molecule has 11 heteroatoms. The number of carbonyl (C=O) groups is 2. The third-order valence-corrected chi connectivity index (χ3v) is 7.13. The maximum Gasteiger partial charge on any atom is 0.337 e. The van der Waals surface area contributed by atoms with E-state index < -0.39 is 21.9 Å². The molecule has 0 radical (unpaired) electrons. The first-order valence-corrected chi connectivity index (χ1v) is 12.2. The van der Waals surface area contributed by atoms with E-state index >= 15 is 0 Å². The lowest BCUT2D eigenvalue weighted by Crippen LogP contribution is -2.14. The van der Waals surface area contributed by atoms with E-state index in [1.54, 1.807) is 30.3 Å². The first-order chi connectivity index (χ1) is 16.3. The van der Waals surface area contributed by atoms with Gasteiger partial charge in [0.05, 0.1) is 34.9 Å². The zero-order valence-electron chi connectivity index (χ0n) is 18.1. The van der Waals surface area contributed by atoms with Crippen molar-refractivity contribution in [2.75, 3.05) is 24.3 Å². The number of anilines is 2. The number of sulfonamides is 1. The van der Waals surface area contributed by atoms with Crippen molar-refractivity contribution in [3.63, 3.8) is 0 Å². The lowest BCUT2D eigenvalue weighted by molar-refractivity contribution is 0.0600. The Bertz CT molecular complexity index is 1460. The van der Waals surface area contributed by atoms with Gasteiger partial charge in [0.25, 0.3) is 15.9 Å². The maximum absolute atomic E-state index is 12.6. The van der Waals surface area contributed by atoms with E-state index in [0.29, 0.717) is 33.2 Å². The quantitative estimate of drug-likeness (QED) is 0.368. The topological polar surface area (TPSA) is 124 Å². The van der Waals surface area contributed by atoms with Crippen molar-refractivity contribution in [2.24, 2.45) is 0 Å². The standard InChI is InChI=1S/C23H19N3O6S2/c1-31-17-8-10-18(11-9-17)34(29,30)26-16-6-3-14(4-7-16)21(27)25-23-24-19-12-5-15(22(28)32-2)13-20(19)33-23/h3-13,26H,1-2H3,(H,24,25,27). The third kappa shape index (κ3) is 5.00. The van der Waals surface area contributed by atoms with Crippen molar-refractivity contribution < 1.29 is 27.5 Å². The number of fused-ring (bicyclic) bond motifs is 1. The molecule has 0 spiro atoms. The molecule has 174 valence electrons. The van der Waals surface area contributed by atoms with E-state index in [9.17, 15) is 18.0 Å². The minimum absolute atomic E-state index is 0.0845. The predicted molar refractivity (Wildman–Crippen MR) is 129 cm³/mol. The molecule has 0 saturated heterocycles. The van der Waals surface area contributed by atoms with Gasteiger partial charge < -0.3 is 9.47 Å². The van der Waals surface area contributed by atoms with Crippen molar-refractivity contribution in [3.8, 4) is 5.75 Å². The monoisotopic (exact) mass is 497 g/mol. The molecule has 0 atom stereocenters. The first kappa shape index (κ1) is 23.2. The van der Waals surface area contributed by atoms with Gasteiger partial charge >= 0.3 is 5.97 Å². The van der Waals surface area contributed by atoms with Crippen molar-refractivity contribution >= 4 is 54.3 Å². The number of rotatable bonds is 7. The summed E-state index contributed by atoms with van der Waals surface area (Å²) in [5, 5.41) is 3.08. The zero-order chi connectivity index (χ0) is 24.3. The van der Waals surface area contributed by atoms with E-state index in [4.69, 9.17) is 9.47 Å². The van der Waals surface area contributed by atoms with Crippen LogP contribution in [0.15, 0.2) is 71.6 Å². The summed E-state index contributed by atoms with van der Waals surface area (Å²) in [6.45, 7) is 0. The molecule has 0 bridgehead atoms. The molecule has 0 unspecified atom stereocenters. The second-order valence-electron chi connectivity index (χ2n) is 7.01. The molecular weight excluding hydrogens is 478 g/mol. The summed E-state index contributed by atoms with van der Waals surface area (Å²) in [4.78, 5) is 28.7. The van der Waals surface area contributed by atoms with E-state index in [1.807, 2.05) is 0 Å². The number of hydrogen-bond donors (Lipinski definition) is 2. The fourth-order valence-corrected chi connectivity index (χ4v) is 5.01. The van der Waals surface area contributed by atoms with Gasteiger partial charge in [-0.05, 0) is 66.7 Å². The van der Waals surface area contributed by atoms with Crippen LogP contribution in [0.3, 0.4) is 0 Å². The fraction of sp³-hybridized carbons (Fsp3) is 0.0870. The summed E-state index contributed by atoms with van der Waals surface area (Å²) < 4.78 is 38.1. The number of nitrogens with zero attached hydrogens (tertiary/aromatic N) is 1. The molecule has 0 saturated carbocycles. The van der Waals surface area contributed by atoms with Crippen LogP contribution in [0.4, 0.5) is 10.8 Å². The molecular formula is C23H19N3O6S2. The number of esters is 1. The van der Waals surface area contributed by atoms with Gasteiger partial charge in [0, 0.05) is 11.3 Å². The number of nitrogens with one attached hydrogen (secondary N) is 2. The van der Waals surface area contributed by atoms with Gasteiger partial charge in [0.15, 0.2) is 5.13 Å². The van der Waals surface area contributed by atoms with Crippen LogP contribution in [0.2, 0.25) is 0 Å². The molecule has 4 aromatic rings. The molecule has 1 heterocycles. The maximum atomic E-state index is 12.6. The average Bonchev–Trinajstić information content (AvgIpc) is 3.25. The van der Waals surface area contributed by atoms with Crippen LogP contribution in [0, 0.1) is 0 Å². The highest BCUT2D eigenvalue weighted by atomic mass is 32.2. The summed E-state index contributed by atoms with van der Waals surface area (Å²) in [6, 6.07) is 16.9. The van der Waals surface area contributed by atoms with Gasteiger partial charge in [0.1, 0.15) is 5.75 Å². The minimum atomic E-state index is -3.79. The summed E-state index contributed by atoms with van der Waals surface area (Å²) in [5.41, 5.74) is 1.66. The Morgan fingerprint density at radius 1 is 0.912 bits per heavy atom. The van der Waals surface area contributed by atoms with Gasteiger partial charge in [-0.3, -0.25) is 14.8 Å². The van der Waals surface area contributed by atoms with E-state index in [2.05, 4.69) is 15.0 Å². The van der Waals surface area contributed by atoms with Gasteiger partial charge in [0.2, 0.25) is 0 Å². The molecule has 0 aliphatic carbocycles. The van der Waals surface area contributed by atoms with Crippen molar-refractivity contribution in [3.05, 3.63) is 77.9 Å². The van der Waals surface area contributed by atoms with Crippen molar-refractivity contribution in [1.82, 2.24) is 4.98 Å². The average molecular weight is 498 g/mol. The molecule has 1 amide bonds. The van der Waals surface area contributed by atoms with Crippen LogP contribution >= 0.6 is 11.3 Å². The molecule has 0 aliphatic rings. The molecule has 3 aromatic carbocycles. The molecule has 0 fully saturated rings. The number of thiazole rings is 1. The Balaban J connectivity index is 1.45. The van der Waals surface area contributed by atoms with Crippen LogP contribution in [0.25, 0.3) is 10.2 Å². The highest BCUT2D eigenvalue weighted by Crippen LogP contribution is 2.27. The Kier molecular flexibility index (Phi) is 6.48. The number of hydrogen-bond acceptors (Lipinski definition) is 8. The Labute approximate surface area is 199 Å². The molecule has 4 rings (SSSR count). The largest absolute Gasteiger partial charge is 0.497 e. The van der Waals surface area contributed by atoms with Gasteiger partial charge in [-0.1, -0.05) is 11.3 Å². The summed E-state index contributed by atoms with van der Waals surface area (Å²) in [7, 11) is -0.991. The summed E-state index contributed by atoms with van der Waals surface area (Å²) in [5.74, 6) is -0.313. The van der Waals surface area contributed by atoms with Crippen LogP contribution in [0.1, 0.15) is 20.7 Å². The van der Waals surface area contributed by atoms with Crippen LogP contribution in [0.5, 0.6) is 5.75 Å². The number of carbonyl (C=O) groups excluding carboxylic acids is 2. The number of amides is 1. The zero-order valence-corrected chi connectivity index (χ0v) is 19.7. The lowest BCUT2D eigenvalue weighted by Gasteiger charge is -2.09. The van der Waals surface area contributed by atoms with E-state index in [-0.39, 0.29) is 4.90 Å². The second kappa shape index (κ2) is 9.49. The lowest BCUT2D eigenvalue weighted by atomic mass is 10.2. The normalized spacial score (nSPS) is 11.1. The first-order valence-electron chi connectivity index (χ1n) is 9.86. The van der Waals surface area contributed by atoms with Gasteiger partial charge in [-0.15, -0.1) is 0 Å². The minimum Gasteiger partial charge on any atom is -0.497 e. The highest BCUT2D eigenvalue weighted by Gasteiger charge is 2.16. The van der Waals surface area contributed by atoms with Crippen LogP contribution in [-0.2, 0) is 14.8 Å². The van der Waals surface area contributed by atoms with Crippen LogP contribution in [-0.4, -0.2) is 39.5 Å². The van der Waals surface area contributed by atoms with Crippen molar-refractivity contribution in [1.29, 1.82) is 0 Å². The summed E-state index contributed by atoms with van der Waals surface area (Å²) >= 11 is 1.22. The predicted octanol–water partition coefficient (Wildman–Crippen LogP) is 4.14. The molecule has 0 aliphatic heterocycles. The summed E-state index contributed by atoms with van der Waals surface area (Å²) in [6.07, 6.45) is 0. The fourth-order valence-electron chi connectivity index (χ4n) is 3.05. The number of aromatic nitrogens is 1. The Morgan fingerprint density at radius 3 is 2.24 bits per heavy atom. The Hall–Kier alpha value is -3.96. The van der Waals surface area contributed by atoms with E-state index in [0.717, 1.165) is 4.70 Å². The van der Waals surface area contributed by atoms with Crippen molar-refractivity contribution in [2.45, 2.75) is 4.90 Å². The molecule has 34 heavy (non-hydrogen) atoms.